The van der Waals surface area contributed by atoms with Gasteiger partial charge in [0, 0.05) is 24.3 Å². The van der Waals surface area contributed by atoms with E-state index in [0.29, 0.717) is 11.8 Å². The van der Waals surface area contributed by atoms with E-state index in [0.717, 1.165) is 53.0 Å². The molecule has 3 aromatic rings. The molecule has 0 aromatic carbocycles. The highest BCUT2D eigenvalue weighted by Gasteiger charge is 2.31. The Balaban J connectivity index is 1.66. The van der Waals surface area contributed by atoms with Crippen LogP contribution in [0.15, 0.2) is 18.3 Å². The molecule has 1 fully saturated rings. The molecule has 1 aliphatic rings. The van der Waals surface area contributed by atoms with Gasteiger partial charge in [0.15, 0.2) is 0 Å². The van der Waals surface area contributed by atoms with Crippen molar-refractivity contribution in [2.75, 3.05) is 31.7 Å². The Hall–Kier alpha value is -2.23. The molecular weight excluding hydrogens is 376 g/mol. The zero-order chi connectivity index (χ0) is 19.9. The summed E-state index contributed by atoms with van der Waals surface area (Å²) in [6.45, 7) is 5.78. The second-order valence-electron chi connectivity index (χ2n) is 7.68. The van der Waals surface area contributed by atoms with Crippen molar-refractivity contribution in [3.63, 3.8) is 0 Å². The molecule has 28 heavy (non-hydrogen) atoms. The van der Waals surface area contributed by atoms with Gasteiger partial charge in [0.25, 0.3) is 0 Å². The van der Waals surface area contributed by atoms with Crippen molar-refractivity contribution in [2.45, 2.75) is 38.1 Å². The molecular formula is C19H26N6O2S. The Labute approximate surface area is 168 Å². The molecule has 0 atom stereocenters. The lowest BCUT2D eigenvalue weighted by Crippen LogP contribution is -2.52. The zero-order valence-corrected chi connectivity index (χ0v) is 17.2. The highest BCUT2D eigenvalue weighted by atomic mass is 32.1. The van der Waals surface area contributed by atoms with Gasteiger partial charge in [-0.15, -0.1) is 5.10 Å². The summed E-state index contributed by atoms with van der Waals surface area (Å²) < 4.78 is 7.39. The molecule has 8 nitrogen and oxygen atoms in total. The van der Waals surface area contributed by atoms with E-state index in [2.05, 4.69) is 28.7 Å². The van der Waals surface area contributed by atoms with Gasteiger partial charge in [-0.05, 0) is 30.9 Å². The minimum Gasteiger partial charge on any atom is -0.480 e. The van der Waals surface area contributed by atoms with Gasteiger partial charge in [-0.3, -0.25) is 0 Å². The number of nitrogens with two attached hydrogens (primary N) is 1. The Morgan fingerprint density at radius 2 is 2.07 bits per heavy atom. The number of fused-ring (bicyclic) bond motifs is 1. The predicted octanol–water partition coefficient (Wildman–Crippen LogP) is 2.27. The van der Waals surface area contributed by atoms with Crippen molar-refractivity contribution < 1.29 is 9.84 Å². The van der Waals surface area contributed by atoms with Crippen LogP contribution in [-0.4, -0.2) is 57.0 Å². The smallest absolute Gasteiger partial charge is 0.222 e. The van der Waals surface area contributed by atoms with E-state index < -0.39 is 5.54 Å². The van der Waals surface area contributed by atoms with E-state index in [1.54, 1.807) is 18.4 Å². The molecule has 1 aliphatic heterocycles. The summed E-state index contributed by atoms with van der Waals surface area (Å²) in [5.74, 6) is 0.906. The number of aromatic nitrogens is 4. The maximum Gasteiger partial charge on any atom is 0.222 e. The topological polar surface area (TPSA) is 102 Å². The first-order valence-corrected chi connectivity index (χ1v) is 10.3. The van der Waals surface area contributed by atoms with Gasteiger partial charge in [-0.1, -0.05) is 25.2 Å². The fourth-order valence-corrected chi connectivity index (χ4v) is 4.35. The summed E-state index contributed by atoms with van der Waals surface area (Å²) in [5, 5.41) is 15.2. The third-order valence-electron chi connectivity index (χ3n) is 5.36. The number of anilines is 1. The Morgan fingerprint density at radius 1 is 1.32 bits per heavy atom. The van der Waals surface area contributed by atoms with Crippen LogP contribution in [0.2, 0.25) is 0 Å². The molecule has 0 amide bonds. The van der Waals surface area contributed by atoms with Crippen LogP contribution >= 0.6 is 11.3 Å². The molecule has 1 saturated heterocycles. The van der Waals surface area contributed by atoms with Crippen molar-refractivity contribution in [1.82, 2.24) is 19.6 Å². The van der Waals surface area contributed by atoms with E-state index in [1.807, 2.05) is 22.8 Å². The summed E-state index contributed by atoms with van der Waals surface area (Å²) >= 11 is 1.55. The average molecular weight is 403 g/mol. The van der Waals surface area contributed by atoms with Crippen LogP contribution in [0.5, 0.6) is 5.88 Å². The van der Waals surface area contributed by atoms with Crippen LogP contribution in [0.1, 0.15) is 38.3 Å². The largest absolute Gasteiger partial charge is 0.480 e. The number of methoxy groups -OCH3 is 1. The molecule has 0 saturated carbocycles. The minimum atomic E-state index is -0.476. The number of hydrogen-bond donors (Lipinski definition) is 2. The van der Waals surface area contributed by atoms with E-state index >= 15 is 0 Å². The van der Waals surface area contributed by atoms with E-state index in [4.69, 9.17) is 15.6 Å². The maximum absolute atomic E-state index is 9.47. The summed E-state index contributed by atoms with van der Waals surface area (Å²) in [4.78, 5) is 12.2. The lowest BCUT2D eigenvalue weighted by molar-refractivity contribution is 0.170. The van der Waals surface area contributed by atoms with Crippen molar-refractivity contribution in [2.24, 2.45) is 5.73 Å². The molecule has 3 N–H and O–H groups in total. The number of hydrogen-bond acceptors (Lipinski definition) is 8. The normalized spacial score (nSPS) is 16.9. The molecule has 0 unspecified atom stereocenters. The number of pyridine rings is 1. The third-order valence-corrected chi connectivity index (χ3v) is 6.35. The molecule has 4 heterocycles. The summed E-state index contributed by atoms with van der Waals surface area (Å²) in [6, 6.07) is 4.05. The van der Waals surface area contributed by atoms with Gasteiger partial charge in [0.05, 0.1) is 31.2 Å². The lowest BCUT2D eigenvalue weighted by Gasteiger charge is -2.37. The minimum absolute atomic E-state index is 0.0192. The van der Waals surface area contributed by atoms with Gasteiger partial charge in [-0.25, -0.2) is 14.5 Å². The van der Waals surface area contributed by atoms with E-state index in [1.165, 1.54) is 0 Å². The highest BCUT2D eigenvalue weighted by Crippen LogP contribution is 2.34. The SMILES string of the molecule is COc1nc(C(C)C)ccc1-c1cnc2sc(N3CCC(N)(CO)CC3)nn12. The average Bonchev–Trinajstić information content (AvgIpc) is 3.29. The lowest BCUT2D eigenvalue weighted by atomic mass is 9.90. The fourth-order valence-electron chi connectivity index (χ4n) is 3.42. The van der Waals surface area contributed by atoms with Crippen LogP contribution < -0.4 is 15.4 Å². The quantitative estimate of drug-likeness (QED) is 0.675. The second kappa shape index (κ2) is 7.31. The molecule has 9 heteroatoms. The summed E-state index contributed by atoms with van der Waals surface area (Å²) in [7, 11) is 1.63. The molecule has 0 bridgehead atoms. The Kier molecular flexibility index (Phi) is 4.98. The van der Waals surface area contributed by atoms with Crippen LogP contribution in [0.4, 0.5) is 5.13 Å². The maximum atomic E-state index is 9.47. The first-order chi connectivity index (χ1) is 13.4. The molecule has 0 spiro atoms. The van der Waals surface area contributed by atoms with Crippen LogP contribution in [0.3, 0.4) is 0 Å². The number of piperidine rings is 1. The van der Waals surface area contributed by atoms with Gasteiger partial charge < -0.3 is 20.5 Å². The van der Waals surface area contributed by atoms with Gasteiger partial charge >= 0.3 is 0 Å². The van der Waals surface area contributed by atoms with E-state index in [-0.39, 0.29) is 6.61 Å². The predicted molar refractivity (Wildman–Crippen MR) is 110 cm³/mol. The fraction of sp³-hybridized carbons (Fsp3) is 0.526. The first-order valence-electron chi connectivity index (χ1n) is 9.48. The third kappa shape index (κ3) is 3.34. The van der Waals surface area contributed by atoms with Crippen LogP contribution in [0, 0.1) is 0 Å². The Morgan fingerprint density at radius 3 is 2.71 bits per heavy atom. The molecule has 3 aromatic heterocycles. The van der Waals surface area contributed by atoms with Crippen molar-refractivity contribution in [3.05, 3.63) is 24.0 Å². The molecule has 0 aliphatic carbocycles. The number of rotatable bonds is 5. The van der Waals surface area contributed by atoms with Crippen molar-refractivity contribution >= 4 is 21.4 Å². The van der Waals surface area contributed by atoms with Crippen molar-refractivity contribution in [1.29, 1.82) is 0 Å². The molecule has 0 radical (unpaired) electrons. The second-order valence-corrected chi connectivity index (χ2v) is 8.61. The number of nitrogens with zero attached hydrogens (tertiary/aromatic N) is 5. The number of imidazole rings is 1. The van der Waals surface area contributed by atoms with E-state index in [9.17, 15) is 5.11 Å². The Bertz CT molecular complexity index is 974. The van der Waals surface area contributed by atoms with Crippen molar-refractivity contribution in [3.8, 4) is 17.1 Å². The standard InChI is InChI=1S/C19H26N6O2S/c1-12(2)14-5-4-13(16(22-14)27-3)15-10-21-17-25(15)23-18(28-17)24-8-6-19(20,11-26)7-9-24/h4-5,10,12,26H,6-9,11,20H2,1-3H3. The summed E-state index contributed by atoms with van der Waals surface area (Å²) in [6.07, 6.45) is 3.30. The van der Waals surface area contributed by atoms with Gasteiger partial charge in [-0.2, -0.15) is 0 Å². The van der Waals surface area contributed by atoms with Gasteiger partial charge in [0.1, 0.15) is 0 Å². The highest BCUT2D eigenvalue weighted by molar-refractivity contribution is 7.20. The first kappa shape index (κ1) is 19.1. The summed E-state index contributed by atoms with van der Waals surface area (Å²) in [5.41, 5.74) is 8.43. The monoisotopic (exact) mass is 402 g/mol. The van der Waals surface area contributed by atoms with Gasteiger partial charge in [0.2, 0.25) is 16.0 Å². The number of aliphatic hydroxyl groups is 1. The number of aliphatic hydroxyl groups excluding tert-OH is 1. The number of ether oxygens (including phenoxy) is 1. The zero-order valence-electron chi connectivity index (χ0n) is 16.4. The van der Waals surface area contributed by atoms with Crippen LogP contribution in [0.25, 0.3) is 16.2 Å². The molecule has 4 rings (SSSR count). The molecule has 150 valence electrons. The van der Waals surface area contributed by atoms with Crippen LogP contribution in [-0.2, 0) is 0 Å².